The molecule has 0 aliphatic rings. The molecule has 0 unspecified atom stereocenters. The summed E-state index contributed by atoms with van der Waals surface area (Å²) in [5, 5.41) is 8.84. The molecular weight excluding hydrogens is 229 g/mol. The molecule has 0 spiro atoms. The van der Waals surface area contributed by atoms with Gasteiger partial charge in [0.1, 0.15) is 0 Å². The molecule has 88 valence electrons. The zero-order chi connectivity index (χ0) is 12.8. The average Bonchev–Trinajstić information content (AvgIpc) is 2.52. The second-order valence-electron chi connectivity index (χ2n) is 3.88. The normalized spacial score (nSPS) is 11.8. The number of halogens is 3. The molecule has 0 radical (unpaired) electrons. The Kier molecular flexibility index (Phi) is 2.39. The van der Waals surface area contributed by atoms with Gasteiger partial charge in [0.05, 0.1) is 17.2 Å². The largest absolute Gasteiger partial charge is 0.418 e. The minimum Gasteiger partial charge on any atom is -0.348 e. The fourth-order valence-corrected chi connectivity index (χ4v) is 1.94. The Morgan fingerprint density at radius 3 is 2.47 bits per heavy atom. The van der Waals surface area contributed by atoms with E-state index >= 15 is 0 Å². The van der Waals surface area contributed by atoms with E-state index in [0.29, 0.717) is 5.52 Å². The Bertz CT molecular complexity index is 630. The highest BCUT2D eigenvalue weighted by Gasteiger charge is 2.36. The molecular formula is C12H9F3N2. The maximum atomic E-state index is 12.9. The summed E-state index contributed by atoms with van der Waals surface area (Å²) < 4.78 is 40.5. The van der Waals surface area contributed by atoms with E-state index in [4.69, 9.17) is 5.26 Å². The number of nitrogens with zero attached hydrogens (tertiary/aromatic N) is 2. The van der Waals surface area contributed by atoms with Gasteiger partial charge in [0.15, 0.2) is 0 Å². The third-order valence-electron chi connectivity index (χ3n) is 2.87. The standard InChI is InChI=1S/C12H9F3N2/c1-7-5-9-10(17(7)2)4-3-8(6-16)11(9)12(13,14)15/h3-5H,1-2H3. The van der Waals surface area contributed by atoms with Crippen molar-refractivity contribution in [2.45, 2.75) is 13.1 Å². The number of aromatic nitrogens is 1. The highest BCUT2D eigenvalue weighted by atomic mass is 19.4. The van der Waals surface area contributed by atoms with Crippen molar-refractivity contribution >= 4 is 10.9 Å². The first-order valence-corrected chi connectivity index (χ1v) is 4.92. The zero-order valence-corrected chi connectivity index (χ0v) is 9.26. The van der Waals surface area contributed by atoms with Crippen LogP contribution in [0.15, 0.2) is 18.2 Å². The van der Waals surface area contributed by atoms with Crippen molar-refractivity contribution in [1.29, 1.82) is 5.26 Å². The molecule has 17 heavy (non-hydrogen) atoms. The van der Waals surface area contributed by atoms with Crippen molar-refractivity contribution in [2.24, 2.45) is 7.05 Å². The summed E-state index contributed by atoms with van der Waals surface area (Å²) >= 11 is 0. The molecule has 0 N–H and O–H groups in total. The molecule has 2 rings (SSSR count). The van der Waals surface area contributed by atoms with Gasteiger partial charge in [-0.15, -0.1) is 0 Å². The average molecular weight is 238 g/mol. The fourth-order valence-electron chi connectivity index (χ4n) is 1.94. The monoisotopic (exact) mass is 238 g/mol. The van der Waals surface area contributed by atoms with Gasteiger partial charge in [-0.1, -0.05) is 0 Å². The summed E-state index contributed by atoms with van der Waals surface area (Å²) in [5.41, 5.74) is 0.0196. The van der Waals surface area contributed by atoms with Crippen LogP contribution in [0.4, 0.5) is 13.2 Å². The van der Waals surface area contributed by atoms with E-state index in [1.54, 1.807) is 24.6 Å². The molecule has 5 heteroatoms. The Labute approximate surface area is 95.9 Å². The fraction of sp³-hybridized carbons (Fsp3) is 0.250. The predicted octanol–water partition coefficient (Wildman–Crippen LogP) is 3.38. The summed E-state index contributed by atoms with van der Waals surface area (Å²) in [4.78, 5) is 0. The zero-order valence-electron chi connectivity index (χ0n) is 9.26. The van der Waals surface area contributed by atoms with E-state index in [1.165, 1.54) is 18.2 Å². The lowest BCUT2D eigenvalue weighted by atomic mass is 10.0. The van der Waals surface area contributed by atoms with Gasteiger partial charge in [0, 0.05) is 23.6 Å². The maximum Gasteiger partial charge on any atom is 0.418 e. The number of nitriles is 1. The second-order valence-corrected chi connectivity index (χ2v) is 3.88. The first-order valence-electron chi connectivity index (χ1n) is 4.92. The predicted molar refractivity (Wildman–Crippen MR) is 57.4 cm³/mol. The van der Waals surface area contributed by atoms with Crippen LogP contribution in [-0.4, -0.2) is 4.57 Å². The van der Waals surface area contributed by atoms with Crippen LogP contribution in [0.1, 0.15) is 16.8 Å². The molecule has 1 aromatic carbocycles. The van der Waals surface area contributed by atoms with Gasteiger partial charge < -0.3 is 4.57 Å². The summed E-state index contributed by atoms with van der Waals surface area (Å²) in [7, 11) is 1.70. The highest BCUT2D eigenvalue weighted by Crippen LogP contribution is 2.38. The molecule has 0 aliphatic heterocycles. The molecule has 0 atom stereocenters. The van der Waals surface area contributed by atoms with Crippen LogP contribution >= 0.6 is 0 Å². The summed E-state index contributed by atoms with van der Waals surface area (Å²) in [6.07, 6.45) is -4.52. The lowest BCUT2D eigenvalue weighted by Gasteiger charge is -2.10. The van der Waals surface area contributed by atoms with E-state index in [1.807, 2.05) is 0 Å². The second kappa shape index (κ2) is 3.52. The van der Waals surface area contributed by atoms with Crippen LogP contribution in [0, 0.1) is 18.3 Å². The van der Waals surface area contributed by atoms with E-state index in [9.17, 15) is 13.2 Å². The molecule has 0 saturated heterocycles. The SMILES string of the molecule is Cc1cc2c(C(F)(F)F)c(C#N)ccc2n1C. The minimum absolute atomic E-state index is 0.0801. The van der Waals surface area contributed by atoms with Crippen molar-refractivity contribution in [2.75, 3.05) is 0 Å². The van der Waals surface area contributed by atoms with Gasteiger partial charge in [-0.2, -0.15) is 18.4 Å². The van der Waals surface area contributed by atoms with Gasteiger partial charge in [-0.25, -0.2) is 0 Å². The maximum absolute atomic E-state index is 12.9. The van der Waals surface area contributed by atoms with Gasteiger partial charge in [0.25, 0.3) is 0 Å². The van der Waals surface area contributed by atoms with Gasteiger partial charge in [0.2, 0.25) is 0 Å². The Morgan fingerprint density at radius 2 is 1.94 bits per heavy atom. The summed E-state index contributed by atoms with van der Waals surface area (Å²) in [6, 6.07) is 5.80. The number of hydrogen-bond acceptors (Lipinski definition) is 1. The lowest BCUT2D eigenvalue weighted by molar-refractivity contribution is -0.136. The van der Waals surface area contributed by atoms with Gasteiger partial charge in [-0.3, -0.25) is 0 Å². The molecule has 2 nitrogen and oxygen atoms in total. The van der Waals surface area contributed by atoms with Gasteiger partial charge in [-0.05, 0) is 25.1 Å². The molecule has 0 bridgehead atoms. The Balaban J connectivity index is 2.95. The highest BCUT2D eigenvalue weighted by molar-refractivity contribution is 5.87. The van der Waals surface area contributed by atoms with E-state index in [-0.39, 0.29) is 10.9 Å². The number of aryl methyl sites for hydroxylation is 2. The molecule has 0 fully saturated rings. The van der Waals surface area contributed by atoms with Crippen molar-refractivity contribution in [1.82, 2.24) is 4.57 Å². The summed E-state index contributed by atoms with van der Waals surface area (Å²) in [5.74, 6) is 0. The van der Waals surface area contributed by atoms with Crippen LogP contribution < -0.4 is 0 Å². The molecule has 0 saturated carbocycles. The number of alkyl halides is 3. The van der Waals surface area contributed by atoms with E-state index in [2.05, 4.69) is 0 Å². The Morgan fingerprint density at radius 1 is 1.29 bits per heavy atom. The van der Waals surface area contributed by atoms with E-state index < -0.39 is 11.7 Å². The number of hydrogen-bond donors (Lipinski definition) is 0. The number of rotatable bonds is 0. The molecule has 0 aliphatic carbocycles. The lowest BCUT2D eigenvalue weighted by Crippen LogP contribution is -2.08. The van der Waals surface area contributed by atoms with Crippen LogP contribution in [0.2, 0.25) is 0 Å². The van der Waals surface area contributed by atoms with Crippen molar-refractivity contribution in [3.63, 3.8) is 0 Å². The van der Waals surface area contributed by atoms with Gasteiger partial charge >= 0.3 is 6.18 Å². The Hall–Kier alpha value is -1.96. The van der Waals surface area contributed by atoms with Crippen LogP contribution in [0.3, 0.4) is 0 Å². The smallest absolute Gasteiger partial charge is 0.348 e. The third-order valence-corrected chi connectivity index (χ3v) is 2.87. The first kappa shape index (κ1) is 11.5. The van der Waals surface area contributed by atoms with Crippen molar-refractivity contribution in [3.05, 3.63) is 35.0 Å². The van der Waals surface area contributed by atoms with Crippen LogP contribution in [-0.2, 0) is 13.2 Å². The number of benzene rings is 1. The van der Waals surface area contributed by atoms with E-state index in [0.717, 1.165) is 5.69 Å². The first-order chi connectivity index (χ1) is 7.86. The van der Waals surface area contributed by atoms with Crippen molar-refractivity contribution in [3.8, 4) is 6.07 Å². The third kappa shape index (κ3) is 1.66. The van der Waals surface area contributed by atoms with Crippen LogP contribution in [0.5, 0.6) is 0 Å². The molecule has 1 aromatic heterocycles. The topological polar surface area (TPSA) is 28.7 Å². The summed E-state index contributed by atoms with van der Waals surface area (Å²) in [6.45, 7) is 1.73. The number of fused-ring (bicyclic) bond motifs is 1. The quantitative estimate of drug-likeness (QED) is 0.691. The molecule has 2 aromatic rings. The molecule has 0 amide bonds. The van der Waals surface area contributed by atoms with Crippen molar-refractivity contribution < 1.29 is 13.2 Å². The van der Waals surface area contributed by atoms with Crippen LogP contribution in [0.25, 0.3) is 10.9 Å². The molecule has 1 heterocycles. The minimum atomic E-state index is -4.52.